The first-order valence-corrected chi connectivity index (χ1v) is 9.42. The Balaban J connectivity index is 1.62. The van der Waals surface area contributed by atoms with Crippen LogP contribution in [0.25, 0.3) is 0 Å². The normalized spacial score (nSPS) is 10.8. The van der Waals surface area contributed by atoms with E-state index in [1.54, 1.807) is 6.33 Å². The van der Waals surface area contributed by atoms with Gasteiger partial charge < -0.3 is 9.30 Å². The van der Waals surface area contributed by atoms with Crippen LogP contribution in [0.2, 0.25) is 10.0 Å². The number of carbonyl (C=O) groups excluding carboxylic acids is 1. The van der Waals surface area contributed by atoms with Crippen LogP contribution in [-0.4, -0.2) is 22.1 Å². The average molecular weight is 403 g/mol. The van der Waals surface area contributed by atoms with E-state index >= 15 is 0 Å². The second-order valence-corrected chi connectivity index (χ2v) is 7.11. The highest BCUT2D eigenvalue weighted by Gasteiger charge is 2.12. The molecule has 0 aliphatic heterocycles. The molecule has 1 aromatic heterocycles. The predicted octanol–water partition coefficient (Wildman–Crippen LogP) is 4.88. The van der Waals surface area contributed by atoms with E-state index < -0.39 is 0 Å². The van der Waals surface area contributed by atoms with Crippen molar-refractivity contribution < 1.29 is 9.53 Å². The minimum atomic E-state index is -0.260. The first-order chi connectivity index (χ1) is 13.0. The molecule has 0 saturated heterocycles. The maximum absolute atomic E-state index is 12.2. The Kier molecular flexibility index (Phi) is 6.54. The molecule has 3 aromatic rings. The number of rotatable bonds is 7. The number of carbonyl (C=O) groups is 1. The van der Waals surface area contributed by atoms with E-state index in [9.17, 15) is 4.79 Å². The molecule has 0 atom stereocenters. The topological polar surface area (TPSA) is 44.1 Å². The Bertz CT molecular complexity index is 917. The summed E-state index contributed by atoms with van der Waals surface area (Å²) >= 11 is 12.6. The molecule has 0 radical (unpaired) electrons. The molecule has 6 heteroatoms. The highest BCUT2D eigenvalue weighted by Crippen LogP contribution is 2.28. The van der Waals surface area contributed by atoms with Crippen LogP contribution in [0.15, 0.2) is 55.0 Å². The molecule has 0 N–H and O–H groups in total. The summed E-state index contributed by atoms with van der Waals surface area (Å²) in [7, 11) is 0. The van der Waals surface area contributed by atoms with Gasteiger partial charge in [-0.15, -0.1) is 0 Å². The minimum absolute atomic E-state index is 0.210. The van der Waals surface area contributed by atoms with Crippen LogP contribution < -0.4 is 0 Å². The van der Waals surface area contributed by atoms with Crippen molar-refractivity contribution in [3.8, 4) is 0 Å². The van der Waals surface area contributed by atoms with E-state index in [1.165, 1.54) is 0 Å². The van der Waals surface area contributed by atoms with Gasteiger partial charge in [0, 0.05) is 22.7 Å². The molecule has 2 aromatic carbocycles. The maximum atomic E-state index is 12.2. The minimum Gasteiger partial charge on any atom is -0.464 e. The number of esters is 1. The van der Waals surface area contributed by atoms with Crippen molar-refractivity contribution in [3.63, 3.8) is 0 Å². The van der Waals surface area contributed by atoms with E-state index in [4.69, 9.17) is 27.9 Å². The van der Waals surface area contributed by atoms with Crippen LogP contribution in [0.5, 0.6) is 0 Å². The molecule has 27 heavy (non-hydrogen) atoms. The van der Waals surface area contributed by atoms with Crippen LogP contribution >= 0.6 is 23.2 Å². The summed E-state index contributed by atoms with van der Waals surface area (Å²) in [5, 5.41) is 1.24. The second kappa shape index (κ2) is 9.07. The highest BCUT2D eigenvalue weighted by molar-refractivity contribution is 6.36. The number of halogens is 2. The number of aromatic nitrogens is 2. The first kappa shape index (κ1) is 19.5. The molecule has 0 saturated carbocycles. The quantitative estimate of drug-likeness (QED) is 0.529. The Hall–Kier alpha value is -2.30. The van der Waals surface area contributed by atoms with E-state index in [1.807, 2.05) is 60.2 Å². The molecule has 140 valence electrons. The van der Waals surface area contributed by atoms with Crippen molar-refractivity contribution in [1.82, 2.24) is 9.55 Å². The number of nitrogens with zero attached hydrogens (tertiary/aromatic N) is 2. The highest BCUT2D eigenvalue weighted by atomic mass is 35.5. The van der Waals surface area contributed by atoms with E-state index in [-0.39, 0.29) is 12.4 Å². The van der Waals surface area contributed by atoms with Gasteiger partial charge in [-0.1, -0.05) is 53.5 Å². The smallest absolute Gasteiger partial charge is 0.310 e. The van der Waals surface area contributed by atoms with Crippen molar-refractivity contribution in [2.45, 2.75) is 26.3 Å². The predicted molar refractivity (Wildman–Crippen MR) is 107 cm³/mol. The van der Waals surface area contributed by atoms with E-state index in [2.05, 4.69) is 4.98 Å². The second-order valence-electron chi connectivity index (χ2n) is 6.30. The third-order valence-electron chi connectivity index (χ3n) is 4.26. The van der Waals surface area contributed by atoms with Gasteiger partial charge in [-0.05, 0) is 35.7 Å². The van der Waals surface area contributed by atoms with Crippen molar-refractivity contribution >= 4 is 29.2 Å². The number of benzene rings is 2. The van der Waals surface area contributed by atoms with Gasteiger partial charge in [-0.2, -0.15) is 0 Å². The van der Waals surface area contributed by atoms with Crippen LogP contribution in [0, 0.1) is 6.92 Å². The van der Waals surface area contributed by atoms with Crippen LogP contribution in [-0.2, 0) is 28.9 Å². The fraction of sp³-hybridized carbons (Fsp3) is 0.238. The van der Waals surface area contributed by atoms with Gasteiger partial charge in [0.05, 0.1) is 25.0 Å². The Labute approximate surface area is 168 Å². The van der Waals surface area contributed by atoms with Gasteiger partial charge in [-0.25, -0.2) is 4.98 Å². The SMILES string of the molecule is Cc1cn(CCOC(=O)Cc2ccccc2Cc2c(Cl)cccc2Cl)cn1. The molecular weight excluding hydrogens is 383 g/mol. The molecule has 1 heterocycles. The third-order valence-corrected chi connectivity index (χ3v) is 4.97. The molecule has 0 amide bonds. The van der Waals surface area contributed by atoms with Gasteiger partial charge in [0.25, 0.3) is 0 Å². The third kappa shape index (κ3) is 5.34. The lowest BCUT2D eigenvalue weighted by atomic mass is 9.98. The van der Waals surface area contributed by atoms with Crippen LogP contribution in [0.1, 0.15) is 22.4 Å². The molecule has 4 nitrogen and oxygen atoms in total. The molecule has 0 spiro atoms. The Morgan fingerprint density at radius 2 is 1.78 bits per heavy atom. The van der Waals surface area contributed by atoms with Crippen LogP contribution in [0.3, 0.4) is 0 Å². The van der Waals surface area contributed by atoms with E-state index in [0.29, 0.717) is 29.6 Å². The van der Waals surface area contributed by atoms with E-state index in [0.717, 1.165) is 22.4 Å². The van der Waals surface area contributed by atoms with Crippen molar-refractivity contribution in [2.75, 3.05) is 6.61 Å². The standard InChI is InChI=1S/C21H20Cl2N2O2/c1-15-13-25(14-24-15)9-10-27-21(26)12-17-6-3-2-5-16(17)11-18-19(22)7-4-8-20(18)23/h2-8,13-14H,9-12H2,1H3. The zero-order valence-corrected chi connectivity index (χ0v) is 16.5. The summed E-state index contributed by atoms with van der Waals surface area (Å²) in [5.41, 5.74) is 3.72. The fourth-order valence-electron chi connectivity index (χ4n) is 2.86. The van der Waals surface area contributed by atoms with Gasteiger partial charge in [0.15, 0.2) is 0 Å². The molecular formula is C21H20Cl2N2O2. The zero-order valence-electron chi connectivity index (χ0n) is 15.0. The molecule has 0 fully saturated rings. The number of hydrogen-bond acceptors (Lipinski definition) is 3. The number of aryl methyl sites for hydroxylation is 1. The van der Waals surface area contributed by atoms with Gasteiger partial charge in [-0.3, -0.25) is 4.79 Å². The van der Waals surface area contributed by atoms with Crippen molar-refractivity contribution in [2.24, 2.45) is 0 Å². The summed E-state index contributed by atoms with van der Waals surface area (Å²) in [5.74, 6) is -0.260. The summed E-state index contributed by atoms with van der Waals surface area (Å²) in [4.78, 5) is 16.4. The van der Waals surface area contributed by atoms with Crippen LogP contribution in [0.4, 0.5) is 0 Å². The lowest BCUT2D eigenvalue weighted by Gasteiger charge is -2.12. The summed E-state index contributed by atoms with van der Waals surface area (Å²) in [6.45, 7) is 2.82. The van der Waals surface area contributed by atoms with Crippen molar-refractivity contribution in [3.05, 3.63) is 87.4 Å². The molecule has 0 bridgehead atoms. The fourth-order valence-corrected chi connectivity index (χ4v) is 3.39. The summed E-state index contributed by atoms with van der Waals surface area (Å²) in [6.07, 6.45) is 4.42. The number of imidazole rings is 1. The molecule has 3 rings (SSSR count). The molecule has 0 aliphatic carbocycles. The first-order valence-electron chi connectivity index (χ1n) is 8.66. The van der Waals surface area contributed by atoms with Crippen molar-refractivity contribution in [1.29, 1.82) is 0 Å². The van der Waals surface area contributed by atoms with Gasteiger partial charge in [0.2, 0.25) is 0 Å². The van der Waals surface area contributed by atoms with Gasteiger partial charge >= 0.3 is 5.97 Å². The molecule has 0 unspecified atom stereocenters. The zero-order chi connectivity index (χ0) is 19.2. The Morgan fingerprint density at radius 3 is 2.44 bits per heavy atom. The largest absolute Gasteiger partial charge is 0.464 e. The monoisotopic (exact) mass is 402 g/mol. The number of hydrogen-bond donors (Lipinski definition) is 0. The van der Waals surface area contributed by atoms with Gasteiger partial charge in [0.1, 0.15) is 6.61 Å². The lowest BCUT2D eigenvalue weighted by Crippen LogP contribution is -2.13. The average Bonchev–Trinajstić information content (AvgIpc) is 3.05. The lowest BCUT2D eigenvalue weighted by molar-refractivity contribution is -0.143. The Morgan fingerprint density at radius 1 is 1.07 bits per heavy atom. The maximum Gasteiger partial charge on any atom is 0.310 e. The number of ether oxygens (including phenoxy) is 1. The molecule has 0 aliphatic rings. The summed E-state index contributed by atoms with van der Waals surface area (Å²) < 4.78 is 7.27. The summed E-state index contributed by atoms with van der Waals surface area (Å²) in [6, 6.07) is 13.2.